The van der Waals surface area contributed by atoms with E-state index in [0.717, 1.165) is 6.07 Å². The highest BCUT2D eigenvalue weighted by Gasteiger charge is 2.41. The summed E-state index contributed by atoms with van der Waals surface area (Å²) >= 11 is 5.63. The van der Waals surface area contributed by atoms with Gasteiger partial charge < -0.3 is 10.4 Å². The summed E-state index contributed by atoms with van der Waals surface area (Å²) in [6.45, 7) is 1.91. The Bertz CT molecular complexity index is 549. The zero-order valence-electron chi connectivity index (χ0n) is 10.9. The Kier molecular flexibility index (Phi) is 4.28. The average Bonchev–Trinajstić information content (AvgIpc) is 2.75. The summed E-state index contributed by atoms with van der Waals surface area (Å²) in [7, 11) is 0. The van der Waals surface area contributed by atoms with E-state index < -0.39 is 29.5 Å². The Morgan fingerprint density at radius 2 is 2.00 bits per heavy atom. The van der Waals surface area contributed by atoms with Crippen molar-refractivity contribution in [3.8, 4) is 0 Å². The van der Waals surface area contributed by atoms with Crippen LogP contribution in [-0.2, 0) is 9.59 Å². The van der Waals surface area contributed by atoms with Gasteiger partial charge in [-0.1, -0.05) is 18.5 Å². The van der Waals surface area contributed by atoms with Gasteiger partial charge in [0, 0.05) is 5.02 Å². The van der Waals surface area contributed by atoms with Gasteiger partial charge in [0.15, 0.2) is 0 Å². The van der Waals surface area contributed by atoms with Gasteiger partial charge in [0.05, 0.1) is 17.5 Å². The molecule has 20 heavy (non-hydrogen) atoms. The standard InChI is InChI=1S/C14H15ClFNO3/c1-7-4-9(10(5-7)14(19)20)13(18)17-12-3-2-8(15)6-11(12)16/h2-3,6-7,9-10H,4-5H2,1H3,(H,17,18)(H,19,20)/t7?,9-,10+/m0/s1. The molecule has 6 heteroatoms. The lowest BCUT2D eigenvalue weighted by Crippen LogP contribution is -2.30. The van der Waals surface area contributed by atoms with E-state index >= 15 is 0 Å². The molecule has 1 aliphatic rings. The maximum Gasteiger partial charge on any atom is 0.307 e. The molecule has 0 radical (unpaired) electrons. The number of aliphatic carboxylic acids is 1. The number of hydrogen-bond acceptors (Lipinski definition) is 2. The number of carbonyl (C=O) groups is 2. The second kappa shape index (κ2) is 5.79. The second-order valence-corrected chi connectivity index (χ2v) is 5.68. The normalized spacial score (nSPS) is 25.4. The van der Waals surface area contributed by atoms with E-state index in [-0.39, 0.29) is 16.6 Å². The third-order valence-electron chi connectivity index (χ3n) is 3.64. The fraction of sp³-hybridized carbons (Fsp3) is 0.429. The predicted molar refractivity (Wildman–Crippen MR) is 73.1 cm³/mol. The van der Waals surface area contributed by atoms with E-state index in [1.807, 2.05) is 6.92 Å². The quantitative estimate of drug-likeness (QED) is 0.901. The van der Waals surface area contributed by atoms with Crippen LogP contribution < -0.4 is 5.32 Å². The van der Waals surface area contributed by atoms with Crippen LogP contribution in [-0.4, -0.2) is 17.0 Å². The summed E-state index contributed by atoms with van der Waals surface area (Å²) in [5, 5.41) is 11.8. The Balaban J connectivity index is 2.13. The molecule has 4 nitrogen and oxygen atoms in total. The molecule has 0 bridgehead atoms. The van der Waals surface area contributed by atoms with E-state index in [1.165, 1.54) is 12.1 Å². The summed E-state index contributed by atoms with van der Waals surface area (Å²) < 4.78 is 13.6. The van der Waals surface area contributed by atoms with E-state index in [1.54, 1.807) is 0 Å². The zero-order valence-corrected chi connectivity index (χ0v) is 11.7. The number of amides is 1. The smallest absolute Gasteiger partial charge is 0.307 e. The molecule has 0 saturated heterocycles. The number of rotatable bonds is 3. The Hall–Kier alpha value is -1.62. The number of hydrogen-bond donors (Lipinski definition) is 2. The van der Waals surface area contributed by atoms with Gasteiger partial charge in [-0.05, 0) is 37.0 Å². The maximum absolute atomic E-state index is 13.6. The van der Waals surface area contributed by atoms with Crippen molar-refractivity contribution in [1.82, 2.24) is 0 Å². The molecule has 108 valence electrons. The number of nitrogens with one attached hydrogen (secondary N) is 1. The molecule has 1 aliphatic carbocycles. The molecular formula is C14H15ClFNO3. The van der Waals surface area contributed by atoms with Crippen LogP contribution in [0.4, 0.5) is 10.1 Å². The number of carbonyl (C=O) groups excluding carboxylic acids is 1. The summed E-state index contributed by atoms with van der Waals surface area (Å²) in [6.07, 6.45) is 0.967. The minimum atomic E-state index is -0.980. The van der Waals surface area contributed by atoms with E-state index in [0.29, 0.717) is 12.8 Å². The zero-order chi connectivity index (χ0) is 14.9. The van der Waals surface area contributed by atoms with Crippen molar-refractivity contribution in [2.45, 2.75) is 19.8 Å². The molecule has 0 aliphatic heterocycles. The Labute approximate surface area is 120 Å². The monoisotopic (exact) mass is 299 g/mol. The first-order valence-electron chi connectivity index (χ1n) is 6.37. The van der Waals surface area contributed by atoms with Gasteiger partial charge in [-0.25, -0.2) is 4.39 Å². The van der Waals surface area contributed by atoms with Crippen molar-refractivity contribution in [2.75, 3.05) is 5.32 Å². The third kappa shape index (κ3) is 3.10. The van der Waals surface area contributed by atoms with E-state index in [4.69, 9.17) is 16.7 Å². The molecule has 1 amide bonds. The number of halogens is 2. The third-order valence-corrected chi connectivity index (χ3v) is 3.88. The molecule has 1 aromatic carbocycles. The van der Waals surface area contributed by atoms with Gasteiger partial charge in [-0.2, -0.15) is 0 Å². The molecule has 0 spiro atoms. The highest BCUT2D eigenvalue weighted by molar-refractivity contribution is 6.30. The predicted octanol–water partition coefficient (Wildman–Crippen LogP) is 3.16. The van der Waals surface area contributed by atoms with Crippen molar-refractivity contribution < 1.29 is 19.1 Å². The van der Waals surface area contributed by atoms with E-state index in [2.05, 4.69) is 5.32 Å². The summed E-state index contributed by atoms with van der Waals surface area (Å²) in [6, 6.07) is 3.93. The van der Waals surface area contributed by atoms with Crippen LogP contribution in [0.5, 0.6) is 0 Å². The summed E-state index contributed by atoms with van der Waals surface area (Å²) in [4.78, 5) is 23.3. The maximum atomic E-state index is 13.6. The number of benzene rings is 1. The molecule has 1 unspecified atom stereocenters. The SMILES string of the molecule is CC1C[C@H](C(=O)Nc2ccc(Cl)cc2F)[C@H](C(=O)O)C1. The summed E-state index contributed by atoms with van der Waals surface area (Å²) in [5.74, 6) is -3.24. The molecule has 2 rings (SSSR count). The van der Waals surface area contributed by atoms with Gasteiger partial charge >= 0.3 is 5.97 Å². The van der Waals surface area contributed by atoms with Crippen molar-refractivity contribution in [1.29, 1.82) is 0 Å². The fourth-order valence-electron chi connectivity index (χ4n) is 2.67. The molecule has 3 atom stereocenters. The largest absolute Gasteiger partial charge is 0.481 e. The Morgan fingerprint density at radius 1 is 1.35 bits per heavy atom. The summed E-state index contributed by atoms with van der Waals surface area (Å²) in [5.41, 5.74) is 0.0168. The van der Waals surface area contributed by atoms with Gasteiger partial charge in [0.1, 0.15) is 5.82 Å². The van der Waals surface area contributed by atoms with Gasteiger partial charge in [0.25, 0.3) is 0 Å². The Morgan fingerprint density at radius 3 is 2.60 bits per heavy atom. The van der Waals surface area contributed by atoms with Crippen LogP contribution in [0, 0.1) is 23.6 Å². The van der Waals surface area contributed by atoms with Crippen LogP contribution >= 0.6 is 11.6 Å². The topological polar surface area (TPSA) is 66.4 Å². The minimum Gasteiger partial charge on any atom is -0.481 e. The van der Waals surface area contributed by atoms with Gasteiger partial charge in [-0.3, -0.25) is 9.59 Å². The van der Waals surface area contributed by atoms with Crippen molar-refractivity contribution in [2.24, 2.45) is 17.8 Å². The van der Waals surface area contributed by atoms with Crippen LogP contribution in [0.25, 0.3) is 0 Å². The first kappa shape index (κ1) is 14.8. The van der Waals surface area contributed by atoms with Crippen LogP contribution in [0.15, 0.2) is 18.2 Å². The highest BCUT2D eigenvalue weighted by atomic mass is 35.5. The van der Waals surface area contributed by atoms with Crippen LogP contribution in [0.3, 0.4) is 0 Å². The highest BCUT2D eigenvalue weighted by Crippen LogP contribution is 2.37. The second-order valence-electron chi connectivity index (χ2n) is 5.24. The van der Waals surface area contributed by atoms with Gasteiger partial charge in [-0.15, -0.1) is 0 Å². The molecule has 1 saturated carbocycles. The molecule has 0 heterocycles. The molecule has 0 aromatic heterocycles. The van der Waals surface area contributed by atoms with Crippen LogP contribution in [0.1, 0.15) is 19.8 Å². The molecule has 2 N–H and O–H groups in total. The lowest BCUT2D eigenvalue weighted by molar-refractivity contribution is -0.145. The lowest BCUT2D eigenvalue weighted by Gasteiger charge is -2.15. The number of anilines is 1. The minimum absolute atomic E-state index is 0.0168. The first-order chi connectivity index (χ1) is 9.38. The first-order valence-corrected chi connectivity index (χ1v) is 6.75. The van der Waals surface area contributed by atoms with Crippen molar-refractivity contribution >= 4 is 29.2 Å². The lowest BCUT2D eigenvalue weighted by atomic mass is 9.95. The van der Waals surface area contributed by atoms with E-state index in [9.17, 15) is 14.0 Å². The van der Waals surface area contributed by atoms with Crippen molar-refractivity contribution in [3.05, 3.63) is 29.0 Å². The number of carboxylic acids is 1. The van der Waals surface area contributed by atoms with Crippen molar-refractivity contribution in [3.63, 3.8) is 0 Å². The van der Waals surface area contributed by atoms with Crippen LogP contribution in [0.2, 0.25) is 5.02 Å². The molecule has 1 fully saturated rings. The fourth-order valence-corrected chi connectivity index (χ4v) is 2.83. The molecule has 1 aromatic rings. The average molecular weight is 300 g/mol. The van der Waals surface area contributed by atoms with Gasteiger partial charge in [0.2, 0.25) is 5.91 Å². The number of carboxylic acid groups (broad SMARTS) is 1. The molecular weight excluding hydrogens is 285 g/mol.